The van der Waals surface area contributed by atoms with Crippen molar-refractivity contribution >= 4 is 17.7 Å². The lowest BCUT2D eigenvalue weighted by Crippen LogP contribution is -2.50. The number of benzene rings is 2. The molecule has 1 heterocycles. The summed E-state index contributed by atoms with van der Waals surface area (Å²) in [5.74, 6) is -0.404. The van der Waals surface area contributed by atoms with Crippen LogP contribution in [-0.2, 0) is 4.79 Å². The third-order valence-electron chi connectivity index (χ3n) is 5.18. The predicted octanol–water partition coefficient (Wildman–Crippen LogP) is 3.40. The lowest BCUT2D eigenvalue weighted by Gasteiger charge is -2.34. The summed E-state index contributed by atoms with van der Waals surface area (Å²) < 4.78 is 13.2. The molecule has 6 heteroatoms. The summed E-state index contributed by atoms with van der Waals surface area (Å²) >= 11 is 0. The molecule has 0 radical (unpaired) electrons. The van der Waals surface area contributed by atoms with Crippen LogP contribution in [0.25, 0.3) is 6.08 Å². The molecule has 156 valence electrons. The standard InChI is InChI=1S/C24H27FN4O/c25-22-9-11-23(12-10-22)29(15-5-13-26)24(30)20-28-18-16-27(17-19-28)14-4-8-21-6-2-1-3-7-21/h1-4,6-12H,5,14-20H2. The molecule has 0 bridgehead atoms. The summed E-state index contributed by atoms with van der Waals surface area (Å²) in [5, 5.41) is 8.91. The highest BCUT2D eigenvalue weighted by Gasteiger charge is 2.22. The number of rotatable bonds is 8. The fraction of sp³-hybridized carbons (Fsp3) is 0.333. The minimum absolute atomic E-state index is 0.0609. The quantitative estimate of drug-likeness (QED) is 0.674. The Morgan fingerprint density at radius 2 is 1.70 bits per heavy atom. The molecule has 1 fully saturated rings. The number of amides is 1. The number of carbonyl (C=O) groups is 1. The molecule has 1 saturated heterocycles. The number of carbonyl (C=O) groups excluding carboxylic acids is 1. The monoisotopic (exact) mass is 406 g/mol. The summed E-state index contributed by atoms with van der Waals surface area (Å²) in [6.45, 7) is 4.95. The second-order valence-corrected chi connectivity index (χ2v) is 7.32. The van der Waals surface area contributed by atoms with Gasteiger partial charge in [0.05, 0.1) is 19.0 Å². The lowest BCUT2D eigenvalue weighted by molar-refractivity contribution is -0.120. The Balaban J connectivity index is 1.48. The van der Waals surface area contributed by atoms with E-state index in [9.17, 15) is 9.18 Å². The van der Waals surface area contributed by atoms with Crippen LogP contribution in [0.3, 0.4) is 0 Å². The molecule has 0 aliphatic carbocycles. The van der Waals surface area contributed by atoms with Gasteiger partial charge in [-0.05, 0) is 29.8 Å². The molecular weight excluding hydrogens is 379 g/mol. The van der Waals surface area contributed by atoms with E-state index in [1.807, 2.05) is 18.2 Å². The first-order valence-electron chi connectivity index (χ1n) is 10.2. The Bertz CT molecular complexity index is 868. The van der Waals surface area contributed by atoms with Gasteiger partial charge < -0.3 is 4.90 Å². The van der Waals surface area contributed by atoms with E-state index in [0.717, 1.165) is 32.7 Å². The van der Waals surface area contributed by atoms with Crippen molar-refractivity contribution in [3.63, 3.8) is 0 Å². The number of nitrogens with zero attached hydrogens (tertiary/aromatic N) is 4. The second kappa shape index (κ2) is 11.2. The summed E-state index contributed by atoms with van der Waals surface area (Å²) in [6, 6.07) is 18.2. The Labute approximate surface area is 177 Å². The van der Waals surface area contributed by atoms with E-state index >= 15 is 0 Å². The summed E-state index contributed by atoms with van der Waals surface area (Å²) in [4.78, 5) is 19.0. The van der Waals surface area contributed by atoms with Crippen LogP contribution < -0.4 is 4.90 Å². The van der Waals surface area contributed by atoms with Crippen molar-refractivity contribution in [2.24, 2.45) is 0 Å². The molecular formula is C24H27FN4O. The number of nitriles is 1. The summed E-state index contributed by atoms with van der Waals surface area (Å²) in [6.07, 6.45) is 4.55. The van der Waals surface area contributed by atoms with E-state index in [1.54, 1.807) is 17.0 Å². The Hall–Kier alpha value is -3.01. The van der Waals surface area contributed by atoms with Crippen molar-refractivity contribution in [1.82, 2.24) is 9.80 Å². The highest BCUT2D eigenvalue weighted by Crippen LogP contribution is 2.16. The first-order chi connectivity index (χ1) is 14.7. The Morgan fingerprint density at radius 3 is 2.37 bits per heavy atom. The number of anilines is 1. The number of halogens is 1. The predicted molar refractivity (Wildman–Crippen MR) is 117 cm³/mol. The molecule has 0 N–H and O–H groups in total. The van der Waals surface area contributed by atoms with Gasteiger partial charge in [0.1, 0.15) is 5.82 Å². The van der Waals surface area contributed by atoms with Gasteiger partial charge in [0, 0.05) is 45.0 Å². The SMILES string of the molecule is N#CCCN(C(=O)CN1CCN(CC=Cc2ccccc2)CC1)c1ccc(F)cc1. The van der Waals surface area contributed by atoms with Crippen LogP contribution >= 0.6 is 0 Å². The Morgan fingerprint density at radius 1 is 1.03 bits per heavy atom. The van der Waals surface area contributed by atoms with Crippen LogP contribution in [0.5, 0.6) is 0 Å². The van der Waals surface area contributed by atoms with Gasteiger partial charge in [0.25, 0.3) is 0 Å². The largest absolute Gasteiger partial charge is 0.310 e. The topological polar surface area (TPSA) is 50.6 Å². The van der Waals surface area contributed by atoms with Crippen LogP contribution in [0.2, 0.25) is 0 Å². The number of piperazine rings is 1. The van der Waals surface area contributed by atoms with E-state index in [4.69, 9.17) is 5.26 Å². The van der Waals surface area contributed by atoms with Crippen LogP contribution in [0, 0.1) is 17.1 Å². The normalized spacial score (nSPS) is 15.2. The van der Waals surface area contributed by atoms with Crippen LogP contribution in [0.15, 0.2) is 60.7 Å². The molecule has 1 amide bonds. The van der Waals surface area contributed by atoms with Crippen molar-refractivity contribution in [3.05, 3.63) is 72.1 Å². The molecule has 3 rings (SSSR count). The van der Waals surface area contributed by atoms with Crippen molar-refractivity contribution in [2.75, 3.05) is 50.7 Å². The van der Waals surface area contributed by atoms with E-state index in [2.05, 4.69) is 40.2 Å². The van der Waals surface area contributed by atoms with Gasteiger partial charge >= 0.3 is 0 Å². The first kappa shape index (κ1) is 21.7. The molecule has 0 spiro atoms. The van der Waals surface area contributed by atoms with E-state index in [1.165, 1.54) is 17.7 Å². The lowest BCUT2D eigenvalue weighted by atomic mass is 10.2. The zero-order valence-corrected chi connectivity index (χ0v) is 17.1. The second-order valence-electron chi connectivity index (χ2n) is 7.32. The average molecular weight is 407 g/mol. The van der Waals surface area contributed by atoms with E-state index < -0.39 is 0 Å². The maximum Gasteiger partial charge on any atom is 0.241 e. The van der Waals surface area contributed by atoms with Gasteiger partial charge in [-0.2, -0.15) is 5.26 Å². The fourth-order valence-electron chi connectivity index (χ4n) is 3.49. The molecule has 0 saturated carbocycles. The van der Waals surface area contributed by atoms with Gasteiger partial charge in [-0.15, -0.1) is 0 Å². The third kappa shape index (κ3) is 6.51. The molecule has 0 atom stereocenters. The Kier molecular flexibility index (Phi) is 8.13. The fourth-order valence-corrected chi connectivity index (χ4v) is 3.49. The maximum absolute atomic E-state index is 13.2. The molecule has 30 heavy (non-hydrogen) atoms. The summed E-state index contributed by atoms with van der Waals surface area (Å²) in [7, 11) is 0. The zero-order chi connectivity index (χ0) is 21.2. The molecule has 0 unspecified atom stereocenters. The van der Waals surface area contributed by atoms with Gasteiger partial charge in [-0.1, -0.05) is 42.5 Å². The van der Waals surface area contributed by atoms with Crippen LogP contribution in [0.1, 0.15) is 12.0 Å². The van der Waals surface area contributed by atoms with E-state index in [0.29, 0.717) is 18.8 Å². The summed E-state index contributed by atoms with van der Waals surface area (Å²) in [5.41, 5.74) is 1.82. The van der Waals surface area contributed by atoms with Gasteiger partial charge in [0.15, 0.2) is 0 Å². The average Bonchev–Trinajstić information content (AvgIpc) is 2.77. The van der Waals surface area contributed by atoms with Gasteiger partial charge in [-0.3, -0.25) is 14.6 Å². The van der Waals surface area contributed by atoms with Crippen molar-refractivity contribution in [1.29, 1.82) is 5.26 Å². The van der Waals surface area contributed by atoms with Crippen molar-refractivity contribution in [3.8, 4) is 6.07 Å². The maximum atomic E-state index is 13.2. The minimum atomic E-state index is -0.344. The molecule has 1 aliphatic heterocycles. The zero-order valence-electron chi connectivity index (χ0n) is 17.1. The van der Waals surface area contributed by atoms with E-state index in [-0.39, 0.29) is 18.1 Å². The minimum Gasteiger partial charge on any atom is -0.310 e. The molecule has 5 nitrogen and oxygen atoms in total. The smallest absolute Gasteiger partial charge is 0.241 e. The molecule has 1 aliphatic rings. The highest BCUT2D eigenvalue weighted by molar-refractivity contribution is 5.94. The first-order valence-corrected chi connectivity index (χ1v) is 10.2. The van der Waals surface area contributed by atoms with Gasteiger partial charge in [-0.25, -0.2) is 4.39 Å². The van der Waals surface area contributed by atoms with Crippen LogP contribution in [-0.4, -0.2) is 61.5 Å². The molecule has 2 aromatic rings. The van der Waals surface area contributed by atoms with Crippen molar-refractivity contribution in [2.45, 2.75) is 6.42 Å². The van der Waals surface area contributed by atoms with Crippen molar-refractivity contribution < 1.29 is 9.18 Å². The van der Waals surface area contributed by atoms with Crippen LogP contribution in [0.4, 0.5) is 10.1 Å². The molecule has 0 aromatic heterocycles. The number of hydrogen-bond donors (Lipinski definition) is 0. The molecule has 2 aromatic carbocycles. The number of hydrogen-bond acceptors (Lipinski definition) is 4. The third-order valence-corrected chi connectivity index (χ3v) is 5.18. The highest BCUT2D eigenvalue weighted by atomic mass is 19.1. The van der Waals surface area contributed by atoms with Gasteiger partial charge in [0.2, 0.25) is 5.91 Å².